The minimum absolute atomic E-state index is 0.139. The first-order chi connectivity index (χ1) is 17.0. The molecule has 2 aromatic rings. The molecule has 0 bridgehead atoms. The number of amides is 2. The molecule has 1 aliphatic rings. The standard InChI is InChI=1S/C28H39N3O4S/c1-21-14-16-26(17-15-21)31(36(4,34)35)18-8-13-27(32)30(20-24-10-7-9-22(2)19-24)23(3)28(33)29-25-11-5-6-12-25/h7,9-10,14-17,19,23,25H,5-6,8,11-13,18,20H2,1-4H3,(H,29,33)/t23-/m1/s1. The first-order valence-electron chi connectivity index (χ1n) is 12.7. The van der Waals surface area contributed by atoms with E-state index in [0.717, 1.165) is 42.4 Å². The summed E-state index contributed by atoms with van der Waals surface area (Å²) >= 11 is 0. The monoisotopic (exact) mass is 513 g/mol. The van der Waals surface area contributed by atoms with E-state index in [2.05, 4.69) is 5.32 Å². The molecular formula is C28H39N3O4S. The van der Waals surface area contributed by atoms with E-state index in [4.69, 9.17) is 0 Å². The molecule has 2 aromatic carbocycles. The van der Waals surface area contributed by atoms with Crippen LogP contribution in [0.5, 0.6) is 0 Å². The Hall–Kier alpha value is -2.87. The van der Waals surface area contributed by atoms with Gasteiger partial charge in [0, 0.05) is 25.6 Å². The Morgan fingerprint density at radius 2 is 1.69 bits per heavy atom. The number of benzene rings is 2. The van der Waals surface area contributed by atoms with Crippen LogP contribution in [0.15, 0.2) is 48.5 Å². The summed E-state index contributed by atoms with van der Waals surface area (Å²) in [6.45, 7) is 6.23. The van der Waals surface area contributed by atoms with Crippen molar-refractivity contribution in [3.63, 3.8) is 0 Å². The molecule has 1 aliphatic carbocycles. The van der Waals surface area contributed by atoms with E-state index in [1.165, 1.54) is 10.6 Å². The maximum atomic E-state index is 13.4. The number of hydrogen-bond donors (Lipinski definition) is 1. The van der Waals surface area contributed by atoms with Crippen molar-refractivity contribution >= 4 is 27.5 Å². The van der Waals surface area contributed by atoms with Gasteiger partial charge in [-0.15, -0.1) is 0 Å². The van der Waals surface area contributed by atoms with Crippen LogP contribution in [-0.2, 0) is 26.2 Å². The summed E-state index contributed by atoms with van der Waals surface area (Å²) in [5.41, 5.74) is 3.67. The molecule has 0 aliphatic heterocycles. The summed E-state index contributed by atoms with van der Waals surface area (Å²) in [6.07, 6.45) is 5.85. The zero-order valence-corrected chi connectivity index (χ0v) is 22.7. The van der Waals surface area contributed by atoms with Gasteiger partial charge in [0.2, 0.25) is 21.8 Å². The van der Waals surface area contributed by atoms with E-state index in [0.29, 0.717) is 18.7 Å². The molecule has 1 atom stereocenters. The van der Waals surface area contributed by atoms with Crippen molar-refractivity contribution in [2.24, 2.45) is 0 Å². The van der Waals surface area contributed by atoms with E-state index in [-0.39, 0.29) is 30.8 Å². The maximum Gasteiger partial charge on any atom is 0.242 e. The summed E-state index contributed by atoms with van der Waals surface area (Å²) in [6, 6.07) is 14.8. The van der Waals surface area contributed by atoms with Crippen LogP contribution < -0.4 is 9.62 Å². The number of carbonyl (C=O) groups is 2. The van der Waals surface area contributed by atoms with Crippen molar-refractivity contribution in [2.45, 2.75) is 77.9 Å². The highest BCUT2D eigenvalue weighted by Crippen LogP contribution is 2.21. The van der Waals surface area contributed by atoms with Gasteiger partial charge in [0.05, 0.1) is 11.9 Å². The largest absolute Gasteiger partial charge is 0.352 e. The fourth-order valence-corrected chi connectivity index (χ4v) is 5.66. The second kappa shape index (κ2) is 12.4. The fourth-order valence-electron chi connectivity index (χ4n) is 4.70. The Bertz CT molecular complexity index is 1140. The number of anilines is 1. The van der Waals surface area contributed by atoms with Crippen molar-refractivity contribution in [1.29, 1.82) is 0 Å². The van der Waals surface area contributed by atoms with Gasteiger partial charge in [-0.05, 0) is 57.7 Å². The van der Waals surface area contributed by atoms with Crippen LogP contribution in [0, 0.1) is 13.8 Å². The number of nitrogens with one attached hydrogen (secondary N) is 1. The maximum absolute atomic E-state index is 13.4. The van der Waals surface area contributed by atoms with Crippen molar-refractivity contribution in [3.05, 3.63) is 65.2 Å². The van der Waals surface area contributed by atoms with E-state index in [9.17, 15) is 18.0 Å². The van der Waals surface area contributed by atoms with Crippen LogP contribution >= 0.6 is 0 Å². The number of hydrogen-bond acceptors (Lipinski definition) is 4. The van der Waals surface area contributed by atoms with Gasteiger partial charge in [-0.25, -0.2) is 8.42 Å². The molecule has 2 amide bonds. The summed E-state index contributed by atoms with van der Waals surface area (Å²) in [5.74, 6) is -0.303. The average molecular weight is 514 g/mol. The molecule has 196 valence electrons. The molecule has 0 saturated heterocycles. The highest BCUT2D eigenvalue weighted by atomic mass is 32.2. The van der Waals surface area contributed by atoms with E-state index in [1.807, 2.05) is 50.2 Å². The zero-order valence-electron chi connectivity index (χ0n) is 21.9. The number of nitrogens with zero attached hydrogens (tertiary/aromatic N) is 2. The summed E-state index contributed by atoms with van der Waals surface area (Å²) < 4.78 is 26.2. The summed E-state index contributed by atoms with van der Waals surface area (Å²) in [4.78, 5) is 28.1. The van der Waals surface area contributed by atoms with Crippen molar-refractivity contribution < 1.29 is 18.0 Å². The third kappa shape index (κ3) is 7.82. The minimum Gasteiger partial charge on any atom is -0.352 e. The SMILES string of the molecule is Cc1ccc(N(CCCC(=O)N(Cc2cccc(C)c2)[C@H](C)C(=O)NC2CCCC2)S(C)(=O)=O)cc1. The Balaban J connectivity index is 1.71. The molecule has 1 fully saturated rings. The van der Waals surface area contributed by atoms with Crippen molar-refractivity contribution in [3.8, 4) is 0 Å². The van der Waals surface area contributed by atoms with Crippen LogP contribution in [0.3, 0.4) is 0 Å². The predicted molar refractivity (Wildman–Crippen MR) is 144 cm³/mol. The summed E-state index contributed by atoms with van der Waals surface area (Å²) in [5, 5.41) is 3.11. The van der Waals surface area contributed by atoms with Gasteiger partial charge in [-0.1, -0.05) is 60.4 Å². The van der Waals surface area contributed by atoms with E-state index >= 15 is 0 Å². The predicted octanol–water partition coefficient (Wildman–Crippen LogP) is 4.33. The second-order valence-electron chi connectivity index (χ2n) is 9.95. The molecule has 0 spiro atoms. The lowest BCUT2D eigenvalue weighted by Crippen LogP contribution is -2.49. The molecule has 7 nitrogen and oxygen atoms in total. The van der Waals surface area contributed by atoms with Gasteiger partial charge in [0.25, 0.3) is 0 Å². The molecule has 1 saturated carbocycles. The average Bonchev–Trinajstić information content (AvgIpc) is 3.33. The zero-order chi connectivity index (χ0) is 26.3. The van der Waals surface area contributed by atoms with Gasteiger partial charge in [-0.3, -0.25) is 13.9 Å². The molecule has 0 heterocycles. The third-order valence-electron chi connectivity index (χ3n) is 6.78. The Morgan fingerprint density at radius 3 is 2.31 bits per heavy atom. The quantitative estimate of drug-likeness (QED) is 0.485. The number of carbonyl (C=O) groups excluding carboxylic acids is 2. The molecule has 0 unspecified atom stereocenters. The van der Waals surface area contributed by atoms with Crippen LogP contribution in [0.2, 0.25) is 0 Å². The van der Waals surface area contributed by atoms with Crippen molar-refractivity contribution in [2.75, 3.05) is 17.1 Å². The number of aryl methyl sites for hydroxylation is 2. The molecule has 36 heavy (non-hydrogen) atoms. The van der Waals surface area contributed by atoms with Crippen LogP contribution in [0.1, 0.15) is 62.1 Å². The van der Waals surface area contributed by atoms with E-state index in [1.54, 1.807) is 24.0 Å². The Kier molecular flexibility index (Phi) is 9.54. The lowest BCUT2D eigenvalue weighted by atomic mass is 10.1. The van der Waals surface area contributed by atoms with Crippen LogP contribution in [0.4, 0.5) is 5.69 Å². The van der Waals surface area contributed by atoms with Gasteiger partial charge in [-0.2, -0.15) is 0 Å². The molecule has 3 rings (SSSR count). The highest BCUT2D eigenvalue weighted by Gasteiger charge is 2.28. The Morgan fingerprint density at radius 1 is 1.03 bits per heavy atom. The fraction of sp³-hybridized carbons (Fsp3) is 0.500. The smallest absolute Gasteiger partial charge is 0.242 e. The van der Waals surface area contributed by atoms with Gasteiger partial charge >= 0.3 is 0 Å². The van der Waals surface area contributed by atoms with Crippen LogP contribution in [-0.4, -0.2) is 50.0 Å². The second-order valence-corrected chi connectivity index (χ2v) is 11.9. The van der Waals surface area contributed by atoms with Crippen molar-refractivity contribution in [1.82, 2.24) is 10.2 Å². The first kappa shape index (κ1) is 27.7. The molecule has 0 radical (unpaired) electrons. The first-order valence-corrected chi connectivity index (χ1v) is 14.6. The molecule has 8 heteroatoms. The number of sulfonamides is 1. The summed E-state index contributed by atoms with van der Waals surface area (Å²) in [7, 11) is -3.50. The highest BCUT2D eigenvalue weighted by molar-refractivity contribution is 7.92. The Labute approximate surface area is 215 Å². The lowest BCUT2D eigenvalue weighted by Gasteiger charge is -2.30. The molecule has 0 aromatic heterocycles. The van der Waals surface area contributed by atoms with Gasteiger partial charge in [0.1, 0.15) is 6.04 Å². The minimum atomic E-state index is -3.50. The van der Waals surface area contributed by atoms with E-state index < -0.39 is 16.1 Å². The molecular weight excluding hydrogens is 474 g/mol. The van der Waals surface area contributed by atoms with Gasteiger partial charge in [0.15, 0.2) is 0 Å². The normalized spacial score (nSPS) is 14.9. The van der Waals surface area contributed by atoms with Crippen LogP contribution in [0.25, 0.3) is 0 Å². The lowest BCUT2D eigenvalue weighted by molar-refractivity contribution is -0.141. The third-order valence-corrected chi connectivity index (χ3v) is 7.97. The topological polar surface area (TPSA) is 86.8 Å². The molecule has 1 N–H and O–H groups in total. The number of rotatable bonds is 11. The van der Waals surface area contributed by atoms with Gasteiger partial charge < -0.3 is 10.2 Å².